The number of hydrogen-bond acceptors (Lipinski definition) is 6. The summed E-state index contributed by atoms with van der Waals surface area (Å²) in [6.45, 7) is 5.17. The zero-order valence-electron chi connectivity index (χ0n) is 16.5. The van der Waals surface area contributed by atoms with Crippen molar-refractivity contribution in [3.63, 3.8) is 0 Å². The average molecular weight is 420 g/mol. The quantitative estimate of drug-likeness (QED) is 0.510. The number of rotatable bonds is 6. The highest BCUT2D eigenvalue weighted by Gasteiger charge is 2.32. The molecule has 3 rings (SSSR count). The average Bonchev–Trinajstić information content (AvgIpc) is 2.67. The van der Waals surface area contributed by atoms with Crippen LogP contribution < -0.4 is 10.6 Å². The molecule has 1 unspecified atom stereocenters. The molecule has 2 N–H and O–H groups in total. The molecule has 0 saturated heterocycles. The standard InChI is InChI=1S/C20H20F4N6/c1-11(2)26-17-10-18(27-13-7-8-25-15(9-13)12(3)21)30-19(29-17)14-5-4-6-16(28-14)20(22,23)24/h4-12H,1-3H3,(H2,25,26,27,29,30). The van der Waals surface area contributed by atoms with Crippen LogP contribution in [0.1, 0.15) is 38.3 Å². The van der Waals surface area contributed by atoms with Gasteiger partial charge in [-0.25, -0.2) is 19.3 Å². The van der Waals surface area contributed by atoms with Crippen molar-refractivity contribution < 1.29 is 17.6 Å². The fourth-order valence-corrected chi connectivity index (χ4v) is 2.60. The van der Waals surface area contributed by atoms with Gasteiger partial charge >= 0.3 is 6.18 Å². The van der Waals surface area contributed by atoms with Crippen LogP contribution in [0.15, 0.2) is 42.6 Å². The lowest BCUT2D eigenvalue weighted by Gasteiger charge is -2.14. The Balaban J connectivity index is 2.02. The summed E-state index contributed by atoms with van der Waals surface area (Å²) in [4.78, 5) is 16.2. The molecule has 0 amide bonds. The molecule has 10 heteroatoms. The Morgan fingerprint density at radius 2 is 1.67 bits per heavy atom. The first-order valence-corrected chi connectivity index (χ1v) is 9.19. The SMILES string of the molecule is CC(C)Nc1cc(Nc2ccnc(C(C)F)c2)nc(-c2cccc(C(F)(F)F)n2)n1. The summed E-state index contributed by atoms with van der Waals surface area (Å²) < 4.78 is 52.7. The minimum atomic E-state index is -4.58. The highest BCUT2D eigenvalue weighted by atomic mass is 19.4. The van der Waals surface area contributed by atoms with E-state index in [4.69, 9.17) is 0 Å². The number of nitrogens with zero attached hydrogens (tertiary/aromatic N) is 4. The van der Waals surface area contributed by atoms with Gasteiger partial charge in [-0.1, -0.05) is 6.07 Å². The smallest absolute Gasteiger partial charge is 0.368 e. The second kappa shape index (κ2) is 8.60. The molecule has 3 aromatic heterocycles. The molecule has 0 aromatic carbocycles. The van der Waals surface area contributed by atoms with E-state index in [0.29, 0.717) is 17.3 Å². The fraction of sp³-hybridized carbons (Fsp3) is 0.300. The summed E-state index contributed by atoms with van der Waals surface area (Å²) in [5.74, 6) is 0.735. The van der Waals surface area contributed by atoms with Gasteiger partial charge in [-0.2, -0.15) is 13.2 Å². The Hall–Kier alpha value is -3.30. The van der Waals surface area contributed by atoms with Gasteiger partial charge in [0, 0.05) is 24.0 Å². The molecule has 3 aromatic rings. The van der Waals surface area contributed by atoms with Gasteiger partial charge in [0.25, 0.3) is 0 Å². The third-order valence-electron chi connectivity index (χ3n) is 3.89. The lowest BCUT2D eigenvalue weighted by molar-refractivity contribution is -0.141. The molecule has 6 nitrogen and oxygen atoms in total. The Kier molecular flexibility index (Phi) is 6.14. The van der Waals surface area contributed by atoms with Crippen molar-refractivity contribution in [2.75, 3.05) is 10.6 Å². The molecule has 30 heavy (non-hydrogen) atoms. The van der Waals surface area contributed by atoms with Crippen LogP contribution in [-0.2, 0) is 6.18 Å². The van der Waals surface area contributed by atoms with Gasteiger partial charge in [0.1, 0.15) is 29.2 Å². The van der Waals surface area contributed by atoms with Crippen LogP contribution in [0.5, 0.6) is 0 Å². The molecule has 0 aliphatic carbocycles. The second-order valence-electron chi connectivity index (χ2n) is 6.88. The molecular weight excluding hydrogens is 400 g/mol. The van der Waals surface area contributed by atoms with Crippen molar-refractivity contribution in [3.8, 4) is 11.5 Å². The number of halogens is 4. The van der Waals surface area contributed by atoms with E-state index in [-0.39, 0.29) is 23.3 Å². The zero-order chi connectivity index (χ0) is 21.9. The predicted molar refractivity (Wildman–Crippen MR) is 106 cm³/mol. The number of pyridine rings is 2. The number of nitrogens with one attached hydrogen (secondary N) is 2. The van der Waals surface area contributed by atoms with Crippen LogP contribution in [0, 0.1) is 0 Å². The number of anilines is 3. The Bertz CT molecular complexity index is 1020. The molecule has 0 fully saturated rings. The summed E-state index contributed by atoms with van der Waals surface area (Å²) in [6, 6.07) is 8.34. The van der Waals surface area contributed by atoms with E-state index in [1.807, 2.05) is 13.8 Å². The lowest BCUT2D eigenvalue weighted by atomic mass is 10.2. The van der Waals surface area contributed by atoms with Gasteiger partial charge in [-0.15, -0.1) is 0 Å². The van der Waals surface area contributed by atoms with E-state index in [1.165, 1.54) is 31.3 Å². The first kappa shape index (κ1) is 21.4. The van der Waals surface area contributed by atoms with Crippen LogP contribution in [0.4, 0.5) is 34.9 Å². The first-order chi connectivity index (χ1) is 14.1. The van der Waals surface area contributed by atoms with Crippen molar-refractivity contribution in [3.05, 3.63) is 54.0 Å². The van der Waals surface area contributed by atoms with Crippen molar-refractivity contribution in [2.45, 2.75) is 39.2 Å². The van der Waals surface area contributed by atoms with Crippen molar-refractivity contribution >= 4 is 17.3 Å². The van der Waals surface area contributed by atoms with E-state index in [1.54, 1.807) is 12.1 Å². The maximum Gasteiger partial charge on any atom is 0.433 e. The van der Waals surface area contributed by atoms with Gasteiger partial charge in [0.05, 0.1) is 5.69 Å². The highest BCUT2D eigenvalue weighted by molar-refractivity contribution is 5.64. The summed E-state index contributed by atoms with van der Waals surface area (Å²) in [5, 5.41) is 6.12. The van der Waals surface area contributed by atoms with Gasteiger partial charge in [-0.3, -0.25) is 4.98 Å². The van der Waals surface area contributed by atoms with Gasteiger partial charge in [-0.05, 0) is 45.0 Å². The predicted octanol–water partition coefficient (Wildman–Crippen LogP) is 5.55. The molecule has 0 saturated carbocycles. The molecule has 1 atom stereocenters. The number of hydrogen-bond donors (Lipinski definition) is 2. The first-order valence-electron chi connectivity index (χ1n) is 9.19. The van der Waals surface area contributed by atoms with E-state index >= 15 is 0 Å². The van der Waals surface area contributed by atoms with Gasteiger partial charge in [0.2, 0.25) is 0 Å². The molecule has 0 radical (unpaired) electrons. The topological polar surface area (TPSA) is 75.6 Å². The molecular formula is C20H20F4N6. The normalized spacial score (nSPS) is 12.7. The Morgan fingerprint density at radius 1 is 0.933 bits per heavy atom. The van der Waals surface area contributed by atoms with Crippen molar-refractivity contribution in [1.82, 2.24) is 19.9 Å². The van der Waals surface area contributed by atoms with E-state index in [2.05, 4.69) is 30.6 Å². The van der Waals surface area contributed by atoms with Crippen LogP contribution in [0.3, 0.4) is 0 Å². The molecule has 0 aliphatic heterocycles. The largest absolute Gasteiger partial charge is 0.433 e. The minimum absolute atomic E-state index is 0.0161. The molecule has 3 heterocycles. The van der Waals surface area contributed by atoms with E-state index in [0.717, 1.165) is 6.07 Å². The van der Waals surface area contributed by atoms with Crippen LogP contribution in [-0.4, -0.2) is 26.0 Å². The molecule has 158 valence electrons. The van der Waals surface area contributed by atoms with E-state index in [9.17, 15) is 17.6 Å². The lowest BCUT2D eigenvalue weighted by Crippen LogP contribution is -2.13. The summed E-state index contributed by atoms with van der Waals surface area (Å²) in [6.07, 6.45) is -4.38. The van der Waals surface area contributed by atoms with Crippen molar-refractivity contribution in [2.24, 2.45) is 0 Å². The fourth-order valence-electron chi connectivity index (χ4n) is 2.60. The van der Waals surface area contributed by atoms with Crippen LogP contribution in [0.25, 0.3) is 11.5 Å². The summed E-state index contributed by atoms with van der Waals surface area (Å²) in [5.41, 5.74) is -0.278. The Labute approximate surface area is 170 Å². The van der Waals surface area contributed by atoms with Crippen LogP contribution in [0.2, 0.25) is 0 Å². The molecule has 0 bridgehead atoms. The summed E-state index contributed by atoms with van der Waals surface area (Å²) in [7, 11) is 0. The van der Waals surface area contributed by atoms with Crippen molar-refractivity contribution in [1.29, 1.82) is 0 Å². The van der Waals surface area contributed by atoms with E-state index < -0.39 is 18.0 Å². The third-order valence-corrected chi connectivity index (χ3v) is 3.89. The van der Waals surface area contributed by atoms with Crippen LogP contribution >= 0.6 is 0 Å². The highest BCUT2D eigenvalue weighted by Crippen LogP contribution is 2.30. The second-order valence-corrected chi connectivity index (χ2v) is 6.88. The Morgan fingerprint density at radius 3 is 2.33 bits per heavy atom. The van der Waals surface area contributed by atoms with Gasteiger partial charge < -0.3 is 10.6 Å². The third kappa shape index (κ3) is 5.40. The maximum absolute atomic E-state index is 13.6. The zero-order valence-corrected chi connectivity index (χ0v) is 16.5. The maximum atomic E-state index is 13.6. The molecule has 0 aliphatic rings. The molecule has 0 spiro atoms. The monoisotopic (exact) mass is 420 g/mol. The minimum Gasteiger partial charge on any atom is -0.368 e. The van der Waals surface area contributed by atoms with Gasteiger partial charge in [0.15, 0.2) is 5.82 Å². The number of aromatic nitrogens is 4. The number of alkyl halides is 4. The summed E-state index contributed by atoms with van der Waals surface area (Å²) >= 11 is 0.